The third-order valence-corrected chi connectivity index (χ3v) is 2.02. The maximum atomic E-state index is 13.4. The molecule has 15 heavy (non-hydrogen) atoms. The van der Waals surface area contributed by atoms with Gasteiger partial charge in [-0.05, 0) is 19.1 Å². The van der Waals surface area contributed by atoms with Crippen LogP contribution in [0.2, 0.25) is 0 Å². The predicted molar refractivity (Wildman–Crippen MR) is 51.3 cm³/mol. The van der Waals surface area contributed by atoms with Crippen LogP contribution in [0.1, 0.15) is 17.3 Å². The van der Waals surface area contributed by atoms with Crippen LogP contribution in [0.25, 0.3) is 5.69 Å². The fourth-order valence-corrected chi connectivity index (χ4v) is 1.27. The van der Waals surface area contributed by atoms with Crippen LogP contribution in [-0.2, 0) is 0 Å². The molecule has 0 amide bonds. The van der Waals surface area contributed by atoms with Crippen LogP contribution in [0, 0.1) is 5.82 Å². The summed E-state index contributed by atoms with van der Waals surface area (Å²) in [6.45, 7) is 1.33. The molecule has 0 atom stereocenters. The number of nitrogens with zero attached hydrogens (tertiary/aromatic N) is 3. The quantitative estimate of drug-likeness (QED) is 0.700. The van der Waals surface area contributed by atoms with Crippen molar-refractivity contribution >= 4 is 5.78 Å². The van der Waals surface area contributed by atoms with Crippen LogP contribution >= 0.6 is 0 Å². The first-order valence-electron chi connectivity index (χ1n) is 4.34. The molecule has 0 saturated carbocycles. The van der Waals surface area contributed by atoms with E-state index in [2.05, 4.69) is 10.1 Å². The lowest BCUT2D eigenvalue weighted by atomic mass is 10.1. The molecule has 5 heteroatoms. The average Bonchev–Trinajstić information content (AvgIpc) is 2.69. The molecule has 0 fully saturated rings. The van der Waals surface area contributed by atoms with Gasteiger partial charge in [-0.1, -0.05) is 0 Å². The molecule has 2 rings (SSSR count). The van der Waals surface area contributed by atoms with Crippen molar-refractivity contribution in [2.24, 2.45) is 0 Å². The summed E-state index contributed by atoms with van der Waals surface area (Å²) in [6, 6.07) is 4.31. The van der Waals surface area contributed by atoms with E-state index in [0.717, 1.165) is 0 Å². The Labute approximate surface area is 85.4 Å². The predicted octanol–water partition coefficient (Wildman–Crippen LogP) is 1.61. The molecule has 1 heterocycles. The van der Waals surface area contributed by atoms with Gasteiger partial charge in [0.05, 0.1) is 11.3 Å². The number of aromatic nitrogens is 3. The molecule has 1 aromatic heterocycles. The summed E-state index contributed by atoms with van der Waals surface area (Å²) < 4.78 is 14.8. The number of benzene rings is 1. The highest BCUT2D eigenvalue weighted by Gasteiger charge is 2.08. The van der Waals surface area contributed by atoms with Crippen LogP contribution in [0.15, 0.2) is 30.9 Å². The molecular formula is C10H8FN3O. The van der Waals surface area contributed by atoms with Crippen molar-refractivity contribution in [1.29, 1.82) is 0 Å². The maximum Gasteiger partial charge on any atom is 0.162 e. The molecule has 0 saturated heterocycles. The first-order chi connectivity index (χ1) is 7.18. The normalized spacial score (nSPS) is 10.3. The van der Waals surface area contributed by atoms with Crippen LogP contribution in [0.4, 0.5) is 4.39 Å². The minimum absolute atomic E-state index is 0.0823. The Bertz CT molecular complexity index is 493. The van der Waals surface area contributed by atoms with Gasteiger partial charge in [0, 0.05) is 6.07 Å². The molecule has 0 radical (unpaired) electrons. The molecule has 0 spiro atoms. The molecule has 4 nitrogen and oxygen atoms in total. The Morgan fingerprint density at radius 2 is 2.27 bits per heavy atom. The molecule has 0 N–H and O–H groups in total. The molecule has 0 aliphatic carbocycles. The second-order valence-electron chi connectivity index (χ2n) is 3.06. The summed E-state index contributed by atoms with van der Waals surface area (Å²) in [5.74, 6) is -0.840. The second-order valence-corrected chi connectivity index (χ2v) is 3.06. The van der Waals surface area contributed by atoms with Crippen LogP contribution in [-0.4, -0.2) is 20.5 Å². The zero-order chi connectivity index (χ0) is 10.8. The number of ketones is 1. The average molecular weight is 205 g/mol. The monoisotopic (exact) mass is 205 g/mol. The van der Waals surface area contributed by atoms with Crippen molar-refractivity contribution in [2.45, 2.75) is 6.92 Å². The van der Waals surface area contributed by atoms with Crippen molar-refractivity contribution in [3.63, 3.8) is 0 Å². The van der Waals surface area contributed by atoms with Crippen LogP contribution < -0.4 is 0 Å². The largest absolute Gasteiger partial charge is 0.294 e. The molecule has 0 bridgehead atoms. The van der Waals surface area contributed by atoms with E-state index in [1.54, 1.807) is 6.07 Å². The van der Waals surface area contributed by atoms with Crippen molar-refractivity contribution in [1.82, 2.24) is 14.8 Å². The number of carbonyl (C=O) groups excluding carboxylic acids is 1. The lowest BCUT2D eigenvalue weighted by Gasteiger charge is -2.02. The van der Waals surface area contributed by atoms with E-state index in [9.17, 15) is 9.18 Å². The molecule has 2 aromatic rings. The van der Waals surface area contributed by atoms with Crippen molar-refractivity contribution in [3.05, 3.63) is 42.2 Å². The summed E-state index contributed by atoms with van der Waals surface area (Å²) in [5, 5.41) is 3.86. The second kappa shape index (κ2) is 3.61. The Balaban J connectivity index is 2.47. The van der Waals surface area contributed by atoms with Gasteiger partial charge in [-0.15, -0.1) is 0 Å². The highest BCUT2D eigenvalue weighted by Crippen LogP contribution is 2.13. The van der Waals surface area contributed by atoms with Gasteiger partial charge < -0.3 is 0 Å². The van der Waals surface area contributed by atoms with E-state index in [-0.39, 0.29) is 11.3 Å². The highest BCUT2D eigenvalue weighted by atomic mass is 19.1. The first kappa shape index (κ1) is 9.51. The third kappa shape index (κ3) is 1.76. The highest BCUT2D eigenvalue weighted by molar-refractivity contribution is 5.94. The zero-order valence-electron chi connectivity index (χ0n) is 8.01. The van der Waals surface area contributed by atoms with Gasteiger partial charge in [0.25, 0.3) is 0 Å². The number of rotatable bonds is 2. The van der Waals surface area contributed by atoms with E-state index < -0.39 is 5.82 Å². The first-order valence-corrected chi connectivity index (χ1v) is 4.34. The van der Waals surface area contributed by atoms with E-state index >= 15 is 0 Å². The van der Waals surface area contributed by atoms with E-state index in [1.165, 1.54) is 36.4 Å². The minimum Gasteiger partial charge on any atom is -0.294 e. The Kier molecular flexibility index (Phi) is 2.29. The van der Waals surface area contributed by atoms with Gasteiger partial charge in [-0.2, -0.15) is 5.10 Å². The van der Waals surface area contributed by atoms with Crippen molar-refractivity contribution in [3.8, 4) is 5.69 Å². The standard InChI is InChI=1S/C10H8FN3O/c1-7(15)9-3-2-8(4-10(9)11)14-6-12-5-13-14/h2-6H,1H3. The molecule has 1 aromatic carbocycles. The Morgan fingerprint density at radius 3 is 2.80 bits per heavy atom. The van der Waals surface area contributed by atoms with Gasteiger partial charge in [-0.25, -0.2) is 14.1 Å². The number of hydrogen-bond donors (Lipinski definition) is 0. The minimum atomic E-state index is -0.546. The smallest absolute Gasteiger partial charge is 0.162 e. The van der Waals surface area contributed by atoms with Crippen LogP contribution in [0.3, 0.4) is 0 Å². The molecular weight excluding hydrogens is 197 g/mol. The zero-order valence-corrected chi connectivity index (χ0v) is 8.01. The summed E-state index contributed by atoms with van der Waals surface area (Å²) in [5.41, 5.74) is 0.619. The third-order valence-electron chi connectivity index (χ3n) is 2.02. The number of hydrogen-bond acceptors (Lipinski definition) is 3. The SMILES string of the molecule is CC(=O)c1ccc(-n2cncn2)cc1F. The van der Waals surface area contributed by atoms with E-state index in [4.69, 9.17) is 0 Å². The van der Waals surface area contributed by atoms with E-state index in [1.807, 2.05) is 0 Å². The summed E-state index contributed by atoms with van der Waals surface area (Å²) in [6.07, 6.45) is 2.82. The topological polar surface area (TPSA) is 47.8 Å². The molecule has 76 valence electrons. The fourth-order valence-electron chi connectivity index (χ4n) is 1.27. The fraction of sp³-hybridized carbons (Fsp3) is 0.100. The maximum absolute atomic E-state index is 13.4. The van der Waals surface area contributed by atoms with Crippen molar-refractivity contribution < 1.29 is 9.18 Å². The van der Waals surface area contributed by atoms with Gasteiger partial charge in [0.2, 0.25) is 0 Å². The number of halogens is 1. The van der Waals surface area contributed by atoms with Gasteiger partial charge >= 0.3 is 0 Å². The van der Waals surface area contributed by atoms with Crippen molar-refractivity contribution in [2.75, 3.05) is 0 Å². The summed E-state index contributed by atoms with van der Waals surface area (Å²) >= 11 is 0. The number of Topliss-reactive ketones (excluding diaryl/α,β-unsaturated/α-hetero) is 1. The number of carbonyl (C=O) groups is 1. The summed E-state index contributed by atoms with van der Waals surface area (Å²) in [7, 11) is 0. The molecule has 0 unspecified atom stereocenters. The van der Waals surface area contributed by atoms with Gasteiger partial charge in [0.15, 0.2) is 5.78 Å². The Morgan fingerprint density at radius 1 is 1.47 bits per heavy atom. The Hall–Kier alpha value is -2.04. The molecule has 0 aliphatic heterocycles. The van der Waals surface area contributed by atoms with Gasteiger partial charge in [0.1, 0.15) is 18.5 Å². The lowest BCUT2D eigenvalue weighted by molar-refractivity contribution is 0.101. The van der Waals surface area contributed by atoms with Crippen LogP contribution in [0.5, 0.6) is 0 Å². The van der Waals surface area contributed by atoms with E-state index in [0.29, 0.717) is 5.69 Å². The summed E-state index contributed by atoms with van der Waals surface area (Å²) in [4.78, 5) is 14.7. The molecule has 0 aliphatic rings. The lowest BCUT2D eigenvalue weighted by Crippen LogP contribution is -2.00. The van der Waals surface area contributed by atoms with Gasteiger partial charge in [-0.3, -0.25) is 4.79 Å².